The summed E-state index contributed by atoms with van der Waals surface area (Å²) in [7, 11) is -4.63. The van der Waals surface area contributed by atoms with E-state index >= 15 is 0 Å². The number of carbonyl (C=O) groups is 2. The molecule has 0 heterocycles. The lowest BCUT2D eigenvalue weighted by atomic mass is 10.1. The Morgan fingerprint density at radius 1 is 0.508 bits per heavy atom. The lowest BCUT2D eigenvalue weighted by Gasteiger charge is -2.20. The Hall–Kier alpha value is -2.85. The van der Waals surface area contributed by atoms with E-state index in [4.69, 9.17) is 29.4 Å². The van der Waals surface area contributed by atoms with Crippen LogP contribution in [0.2, 0.25) is 0 Å². The molecular weight excluding hydrogens is 838 g/mol. The van der Waals surface area contributed by atoms with E-state index in [1.165, 1.54) is 89.9 Å². The maximum Gasteiger partial charge on any atom is 0.472 e. The van der Waals surface area contributed by atoms with Crippen LogP contribution in [0.3, 0.4) is 0 Å². The van der Waals surface area contributed by atoms with Crippen LogP contribution in [0.1, 0.15) is 206 Å². The van der Waals surface area contributed by atoms with Gasteiger partial charge in [0.15, 0.2) is 0 Å². The second-order valence-corrected chi connectivity index (χ2v) is 18.4. The molecule has 4 N–H and O–H groups in total. The van der Waals surface area contributed by atoms with Gasteiger partial charge in [0.2, 0.25) is 0 Å². The summed E-state index contributed by atoms with van der Waals surface area (Å²) in [5.74, 6) is -1.79. The van der Waals surface area contributed by atoms with Crippen LogP contribution in [0.5, 0.6) is 0 Å². The number of carboxylic acid groups (broad SMARTS) is 1. The third-order valence-electron chi connectivity index (χ3n) is 10.7. The van der Waals surface area contributed by atoms with E-state index in [1.807, 2.05) is 0 Å². The number of carboxylic acids is 1. The van der Waals surface area contributed by atoms with E-state index in [0.717, 1.165) is 89.9 Å². The molecule has 3 unspecified atom stereocenters. The first-order chi connectivity index (χ1) is 31.7. The molecule has 3 atom stereocenters. The summed E-state index contributed by atoms with van der Waals surface area (Å²) in [6.07, 6.45) is 63.5. The van der Waals surface area contributed by atoms with E-state index < -0.39 is 45.1 Å². The van der Waals surface area contributed by atoms with Crippen LogP contribution >= 0.6 is 7.82 Å². The first-order valence-electron chi connectivity index (χ1n) is 25.6. The van der Waals surface area contributed by atoms with Crippen LogP contribution < -0.4 is 5.73 Å². The predicted molar refractivity (Wildman–Crippen MR) is 272 cm³/mol. The monoisotopic (exact) mass is 932 g/mol. The molecule has 0 aliphatic heterocycles. The van der Waals surface area contributed by atoms with Crippen molar-refractivity contribution in [3.63, 3.8) is 0 Å². The number of phosphoric ester groups is 1. The maximum atomic E-state index is 12.7. The molecule has 0 aromatic carbocycles. The van der Waals surface area contributed by atoms with Gasteiger partial charge in [-0.3, -0.25) is 18.6 Å². The number of ether oxygens (including phenoxy) is 2. The average Bonchev–Trinajstić information content (AvgIpc) is 3.29. The number of esters is 1. The van der Waals surface area contributed by atoms with Gasteiger partial charge in [-0.05, 0) is 89.9 Å². The minimum absolute atomic E-state index is 0.00226. The van der Waals surface area contributed by atoms with Crippen molar-refractivity contribution in [2.45, 2.75) is 219 Å². The highest BCUT2D eigenvalue weighted by Crippen LogP contribution is 2.43. The van der Waals surface area contributed by atoms with Crippen molar-refractivity contribution < 1.29 is 42.7 Å². The highest BCUT2D eigenvalue weighted by atomic mass is 31.2. The van der Waals surface area contributed by atoms with Crippen molar-refractivity contribution >= 4 is 19.8 Å². The molecule has 0 aromatic heterocycles. The van der Waals surface area contributed by atoms with Gasteiger partial charge < -0.3 is 25.2 Å². The van der Waals surface area contributed by atoms with Gasteiger partial charge in [0.25, 0.3) is 0 Å². The lowest BCUT2D eigenvalue weighted by molar-refractivity contribution is -0.154. The van der Waals surface area contributed by atoms with Crippen molar-refractivity contribution in [1.29, 1.82) is 0 Å². The van der Waals surface area contributed by atoms with Crippen molar-refractivity contribution in [3.8, 4) is 0 Å². The highest BCUT2D eigenvalue weighted by molar-refractivity contribution is 7.47. The average molecular weight is 932 g/mol. The zero-order chi connectivity index (χ0) is 47.6. The molecule has 11 heteroatoms. The summed E-state index contributed by atoms with van der Waals surface area (Å²) in [6.45, 7) is 3.73. The van der Waals surface area contributed by atoms with Crippen LogP contribution in [0, 0.1) is 0 Å². The Labute approximate surface area is 397 Å². The molecule has 374 valence electrons. The molecule has 0 fully saturated rings. The summed E-state index contributed by atoms with van der Waals surface area (Å²) in [5.41, 5.74) is 5.37. The van der Waals surface area contributed by atoms with Crippen LogP contribution in [-0.4, -0.2) is 60.5 Å². The van der Waals surface area contributed by atoms with E-state index in [-0.39, 0.29) is 13.0 Å². The van der Waals surface area contributed by atoms with Gasteiger partial charge in [0, 0.05) is 13.0 Å². The van der Waals surface area contributed by atoms with Crippen molar-refractivity contribution in [2.75, 3.05) is 26.4 Å². The lowest BCUT2D eigenvalue weighted by Crippen LogP contribution is -2.34. The van der Waals surface area contributed by atoms with Gasteiger partial charge in [-0.15, -0.1) is 0 Å². The van der Waals surface area contributed by atoms with Gasteiger partial charge in [0.05, 0.1) is 19.8 Å². The second kappa shape index (κ2) is 49.1. The molecular formula is C54H94NO9P. The number of hydrogen-bond acceptors (Lipinski definition) is 8. The number of unbranched alkanes of at least 4 members (excludes halogenated alkanes) is 20. The van der Waals surface area contributed by atoms with Gasteiger partial charge in [-0.25, -0.2) is 4.57 Å². The summed E-state index contributed by atoms with van der Waals surface area (Å²) >= 11 is 0. The minimum Gasteiger partial charge on any atom is -0.480 e. The molecule has 0 rings (SSSR count). The summed E-state index contributed by atoms with van der Waals surface area (Å²) < 4.78 is 33.5. The van der Waals surface area contributed by atoms with E-state index in [1.54, 1.807) is 0 Å². The number of hydrogen-bond donors (Lipinski definition) is 3. The quantitative estimate of drug-likeness (QED) is 0.0232. The predicted octanol–water partition coefficient (Wildman–Crippen LogP) is 15.1. The number of allylic oxidation sites excluding steroid dienone is 14. The standard InChI is InChI=1S/C54H94NO9P/c1-3-5-7-9-11-13-15-17-19-21-23-25-27-29-31-33-35-37-39-41-43-45-47-61-48-51(49-62-65(59,60)63-50-52(55)54(57)58)64-53(56)46-44-42-40-38-36-34-32-30-28-26-24-22-20-18-16-14-12-10-8-6-4-2/h6,8,12,14-15,17-18,20-21,23-24,26-27,29,51-52H,3-5,7,9-11,13,16,19,22,25,28,30-50,55H2,1-2H3,(H,57,58)(H,59,60)/b8-6-,14-12-,17-15-,20-18-,23-21-,26-24-,29-27-. The molecule has 0 saturated heterocycles. The smallest absolute Gasteiger partial charge is 0.472 e. The molecule has 0 bridgehead atoms. The third-order valence-corrected chi connectivity index (χ3v) is 11.6. The summed E-state index contributed by atoms with van der Waals surface area (Å²) in [4.78, 5) is 33.7. The largest absolute Gasteiger partial charge is 0.480 e. The molecule has 0 amide bonds. The van der Waals surface area contributed by atoms with Crippen LogP contribution in [-0.2, 0) is 32.7 Å². The fourth-order valence-corrected chi connectivity index (χ4v) is 7.50. The SMILES string of the molecule is CC/C=C\C/C=C\C/C=C\C/C=C\CCCCCCCCCCC(=O)OC(COCCCCCCCCC/C=C\C/C=C\C/C=C\CCCCCCC)COP(=O)(O)OCC(N)C(=O)O. The Balaban J connectivity index is 4.20. The van der Waals surface area contributed by atoms with E-state index in [9.17, 15) is 19.0 Å². The number of rotatable bonds is 48. The van der Waals surface area contributed by atoms with Crippen molar-refractivity contribution in [1.82, 2.24) is 0 Å². The normalized spacial score (nSPS) is 14.4. The molecule has 0 aliphatic rings. The Morgan fingerprint density at radius 2 is 0.892 bits per heavy atom. The molecule has 0 saturated carbocycles. The molecule has 10 nitrogen and oxygen atoms in total. The molecule has 0 aromatic rings. The number of carbonyl (C=O) groups excluding carboxylic acids is 1. The van der Waals surface area contributed by atoms with Crippen LogP contribution in [0.15, 0.2) is 85.1 Å². The molecule has 65 heavy (non-hydrogen) atoms. The first-order valence-corrected chi connectivity index (χ1v) is 27.1. The zero-order valence-corrected chi connectivity index (χ0v) is 42.0. The van der Waals surface area contributed by atoms with Crippen LogP contribution in [0.4, 0.5) is 0 Å². The van der Waals surface area contributed by atoms with Gasteiger partial charge >= 0.3 is 19.8 Å². The highest BCUT2D eigenvalue weighted by Gasteiger charge is 2.27. The molecule has 0 aliphatic carbocycles. The van der Waals surface area contributed by atoms with Gasteiger partial charge in [-0.2, -0.15) is 0 Å². The van der Waals surface area contributed by atoms with Gasteiger partial charge in [-0.1, -0.05) is 195 Å². The first kappa shape index (κ1) is 62.1. The Morgan fingerprint density at radius 3 is 1.34 bits per heavy atom. The maximum absolute atomic E-state index is 12.7. The zero-order valence-electron chi connectivity index (χ0n) is 41.1. The number of phosphoric acid groups is 1. The number of nitrogens with two attached hydrogens (primary N) is 1. The van der Waals surface area contributed by atoms with Gasteiger partial charge in [0.1, 0.15) is 12.1 Å². The fourth-order valence-electron chi connectivity index (χ4n) is 6.72. The third kappa shape index (κ3) is 48.9. The van der Waals surface area contributed by atoms with Crippen molar-refractivity contribution in [3.05, 3.63) is 85.1 Å². The molecule has 0 radical (unpaired) electrons. The Bertz CT molecular complexity index is 1360. The Kier molecular flexibility index (Phi) is 46.9. The number of aliphatic carboxylic acids is 1. The fraction of sp³-hybridized carbons (Fsp3) is 0.704. The minimum atomic E-state index is -4.63. The van der Waals surface area contributed by atoms with E-state index in [0.29, 0.717) is 13.0 Å². The summed E-state index contributed by atoms with van der Waals surface area (Å²) in [5, 5.41) is 8.93. The van der Waals surface area contributed by atoms with Crippen LogP contribution in [0.25, 0.3) is 0 Å². The van der Waals surface area contributed by atoms with E-state index in [2.05, 4.69) is 98.9 Å². The molecule has 0 spiro atoms. The van der Waals surface area contributed by atoms with Crippen molar-refractivity contribution in [2.24, 2.45) is 5.73 Å². The topological polar surface area (TPSA) is 155 Å². The summed E-state index contributed by atoms with van der Waals surface area (Å²) in [6, 6.07) is -1.48. The second-order valence-electron chi connectivity index (χ2n) is 16.9.